The third-order valence-electron chi connectivity index (χ3n) is 6.05. The molecule has 0 aromatic heterocycles. The number of halogens is 1. The molecule has 3 unspecified atom stereocenters. The second-order valence-electron chi connectivity index (χ2n) is 8.05. The van der Waals surface area contributed by atoms with Gasteiger partial charge in [0.05, 0.1) is 18.8 Å². The van der Waals surface area contributed by atoms with E-state index in [0.29, 0.717) is 6.42 Å². The fourth-order valence-corrected chi connectivity index (χ4v) is 4.81. The van der Waals surface area contributed by atoms with Gasteiger partial charge in [-0.2, -0.15) is 0 Å². The highest BCUT2D eigenvalue weighted by molar-refractivity contribution is 6.32. The van der Waals surface area contributed by atoms with Crippen LogP contribution in [-0.2, 0) is 24.0 Å². The third-order valence-corrected chi connectivity index (χ3v) is 6.53. The molecule has 2 aromatic rings. The van der Waals surface area contributed by atoms with Gasteiger partial charge in [0.1, 0.15) is 12.2 Å². The molecule has 0 radical (unpaired) electrons. The Balaban J connectivity index is 1.71. The van der Waals surface area contributed by atoms with Gasteiger partial charge in [-0.25, -0.2) is 0 Å². The van der Waals surface area contributed by atoms with E-state index in [4.69, 9.17) is 16.3 Å². The molecule has 0 saturated carbocycles. The molecule has 5 heteroatoms. The van der Waals surface area contributed by atoms with E-state index in [1.807, 2.05) is 0 Å². The van der Waals surface area contributed by atoms with Crippen LogP contribution >= 0.6 is 11.6 Å². The minimum absolute atomic E-state index is 0.315. The van der Waals surface area contributed by atoms with Gasteiger partial charge < -0.3 is 20.1 Å². The summed E-state index contributed by atoms with van der Waals surface area (Å²) < 4.78 is 5.99. The van der Waals surface area contributed by atoms with Crippen molar-refractivity contribution in [1.82, 2.24) is 0 Å². The van der Waals surface area contributed by atoms with Gasteiger partial charge in [0, 0.05) is 11.4 Å². The molecule has 2 aliphatic rings. The number of aliphatic hydroxyl groups is 3. The number of ether oxygens (including phenoxy) is 1. The number of rotatable bonds is 4. The van der Waals surface area contributed by atoms with Crippen molar-refractivity contribution < 1.29 is 20.1 Å². The molecule has 4 nitrogen and oxygen atoms in total. The lowest BCUT2D eigenvalue weighted by Crippen LogP contribution is -2.47. The van der Waals surface area contributed by atoms with Gasteiger partial charge in [-0.05, 0) is 60.4 Å². The van der Waals surface area contributed by atoms with Gasteiger partial charge >= 0.3 is 0 Å². The molecule has 150 valence electrons. The van der Waals surface area contributed by atoms with Gasteiger partial charge in [-0.1, -0.05) is 47.5 Å². The molecule has 1 heterocycles. The summed E-state index contributed by atoms with van der Waals surface area (Å²) in [4.78, 5) is 0. The maximum absolute atomic E-state index is 10.3. The molecule has 28 heavy (non-hydrogen) atoms. The quantitative estimate of drug-likeness (QED) is 0.734. The standard InChI is InChI=1S/C23H27ClO4/c1-13-5-7-14(8-6-13)9-15-10-18(16-3-2-4-17(16)22(15)24)20-11-19(26)23(27)21(12-25)28-20/h5-8,10,19-21,23,25-27H,2-4,9,11-12H2,1H3/t19?,20?,21?,23-/m0/s1. The maximum Gasteiger partial charge on any atom is 0.110 e. The van der Waals surface area contributed by atoms with Gasteiger partial charge in [0.2, 0.25) is 0 Å². The number of benzene rings is 2. The summed E-state index contributed by atoms with van der Waals surface area (Å²) in [5.41, 5.74) is 6.93. The third kappa shape index (κ3) is 3.72. The Labute approximate surface area is 170 Å². The number of hydrogen-bond acceptors (Lipinski definition) is 4. The van der Waals surface area contributed by atoms with E-state index in [1.165, 1.54) is 22.3 Å². The Bertz CT molecular complexity index is 849. The summed E-state index contributed by atoms with van der Waals surface area (Å²) in [5, 5.41) is 30.7. The van der Waals surface area contributed by atoms with E-state index in [-0.39, 0.29) is 12.7 Å². The monoisotopic (exact) mass is 402 g/mol. The summed E-state index contributed by atoms with van der Waals surface area (Å²) >= 11 is 6.78. The molecular weight excluding hydrogens is 376 g/mol. The number of hydrogen-bond donors (Lipinski definition) is 3. The zero-order valence-corrected chi connectivity index (χ0v) is 16.8. The zero-order valence-electron chi connectivity index (χ0n) is 16.1. The summed E-state index contributed by atoms with van der Waals surface area (Å²) in [6, 6.07) is 10.6. The SMILES string of the molecule is Cc1ccc(Cc2cc(C3CC(O)[C@H](O)C(CO)O3)c3c(c2Cl)CCC3)cc1. The Morgan fingerprint density at radius 1 is 1.11 bits per heavy atom. The van der Waals surface area contributed by atoms with Crippen LogP contribution in [0.4, 0.5) is 0 Å². The van der Waals surface area contributed by atoms with Crippen LogP contribution in [0.15, 0.2) is 30.3 Å². The van der Waals surface area contributed by atoms with Crippen molar-refractivity contribution in [1.29, 1.82) is 0 Å². The predicted octanol–water partition coefficient (Wildman–Crippen LogP) is 3.27. The first-order valence-corrected chi connectivity index (χ1v) is 10.4. The number of aryl methyl sites for hydroxylation is 1. The van der Waals surface area contributed by atoms with Crippen LogP contribution in [0.25, 0.3) is 0 Å². The lowest BCUT2D eigenvalue weighted by molar-refractivity contribution is -0.181. The minimum Gasteiger partial charge on any atom is -0.394 e. The fraction of sp³-hybridized carbons (Fsp3) is 0.478. The smallest absolute Gasteiger partial charge is 0.110 e. The van der Waals surface area contributed by atoms with Crippen molar-refractivity contribution in [3.8, 4) is 0 Å². The molecule has 1 aliphatic heterocycles. The van der Waals surface area contributed by atoms with E-state index in [9.17, 15) is 15.3 Å². The Hall–Kier alpha value is -1.43. The molecule has 2 aromatic carbocycles. The average Bonchev–Trinajstić information content (AvgIpc) is 3.18. The topological polar surface area (TPSA) is 69.9 Å². The van der Waals surface area contributed by atoms with Crippen molar-refractivity contribution in [3.05, 3.63) is 68.7 Å². The van der Waals surface area contributed by atoms with E-state index in [2.05, 4.69) is 37.3 Å². The average molecular weight is 403 g/mol. The lowest BCUT2D eigenvalue weighted by Gasteiger charge is -2.37. The molecular formula is C23H27ClO4. The van der Waals surface area contributed by atoms with Gasteiger partial charge in [0.15, 0.2) is 0 Å². The van der Waals surface area contributed by atoms with Crippen molar-refractivity contribution >= 4 is 11.6 Å². The van der Waals surface area contributed by atoms with Crippen LogP contribution in [0.3, 0.4) is 0 Å². The molecule has 4 atom stereocenters. The first-order valence-electron chi connectivity index (χ1n) is 9.99. The molecule has 3 N–H and O–H groups in total. The van der Waals surface area contributed by atoms with Crippen LogP contribution in [-0.4, -0.2) is 40.2 Å². The van der Waals surface area contributed by atoms with Crippen molar-refractivity contribution in [2.45, 2.75) is 63.4 Å². The largest absolute Gasteiger partial charge is 0.394 e. The normalized spacial score (nSPS) is 27.0. The van der Waals surface area contributed by atoms with Crippen LogP contribution < -0.4 is 0 Å². The molecule has 1 fully saturated rings. The number of aliphatic hydroxyl groups excluding tert-OH is 3. The van der Waals surface area contributed by atoms with Gasteiger partial charge in [-0.15, -0.1) is 0 Å². The van der Waals surface area contributed by atoms with E-state index in [1.54, 1.807) is 0 Å². The summed E-state index contributed by atoms with van der Waals surface area (Å²) in [7, 11) is 0. The Kier molecular flexibility index (Phi) is 5.77. The van der Waals surface area contributed by atoms with E-state index >= 15 is 0 Å². The van der Waals surface area contributed by atoms with Crippen LogP contribution in [0.1, 0.15) is 52.3 Å². The van der Waals surface area contributed by atoms with Gasteiger partial charge in [0.25, 0.3) is 0 Å². The van der Waals surface area contributed by atoms with E-state index in [0.717, 1.165) is 41.8 Å². The van der Waals surface area contributed by atoms with Gasteiger partial charge in [-0.3, -0.25) is 0 Å². The second kappa shape index (κ2) is 8.13. The van der Waals surface area contributed by atoms with Crippen LogP contribution in [0.5, 0.6) is 0 Å². The molecule has 0 amide bonds. The van der Waals surface area contributed by atoms with Crippen LogP contribution in [0.2, 0.25) is 5.02 Å². The summed E-state index contributed by atoms with van der Waals surface area (Å²) in [6.45, 7) is 1.75. The first-order chi connectivity index (χ1) is 13.5. The van der Waals surface area contributed by atoms with Crippen molar-refractivity contribution in [2.24, 2.45) is 0 Å². The van der Waals surface area contributed by atoms with Crippen molar-refractivity contribution in [3.63, 3.8) is 0 Å². The zero-order chi connectivity index (χ0) is 19.8. The summed E-state index contributed by atoms with van der Waals surface area (Å²) in [5.74, 6) is 0. The lowest BCUT2D eigenvalue weighted by atomic mass is 9.88. The highest BCUT2D eigenvalue weighted by atomic mass is 35.5. The molecule has 4 rings (SSSR count). The molecule has 1 aliphatic carbocycles. The first kappa shape index (κ1) is 19.9. The highest BCUT2D eigenvalue weighted by Gasteiger charge is 2.38. The van der Waals surface area contributed by atoms with Crippen molar-refractivity contribution in [2.75, 3.05) is 6.61 Å². The molecule has 1 saturated heterocycles. The van der Waals surface area contributed by atoms with E-state index < -0.39 is 18.3 Å². The highest BCUT2D eigenvalue weighted by Crippen LogP contribution is 2.41. The predicted molar refractivity (Wildman–Crippen MR) is 109 cm³/mol. The number of fused-ring (bicyclic) bond motifs is 1. The fourth-order valence-electron chi connectivity index (χ4n) is 4.48. The maximum atomic E-state index is 10.3. The molecule has 0 bridgehead atoms. The Morgan fingerprint density at radius 3 is 2.54 bits per heavy atom. The van der Waals surface area contributed by atoms with Crippen LogP contribution in [0, 0.1) is 6.92 Å². The second-order valence-corrected chi connectivity index (χ2v) is 8.43. The molecule has 0 spiro atoms. The Morgan fingerprint density at radius 2 is 1.82 bits per heavy atom. The minimum atomic E-state index is -1.06. The summed E-state index contributed by atoms with van der Waals surface area (Å²) in [6.07, 6.45) is 0.895.